The number of methoxy groups -OCH3 is 1. The molecule has 0 atom stereocenters. The van der Waals surface area contributed by atoms with E-state index in [2.05, 4.69) is 15.0 Å². The highest BCUT2D eigenvalue weighted by Crippen LogP contribution is 2.56. The van der Waals surface area contributed by atoms with Crippen LogP contribution in [0.25, 0.3) is 22.3 Å². The fourth-order valence-electron chi connectivity index (χ4n) is 6.44. The maximum Gasteiger partial charge on any atom is 0.303 e. The number of nitrogens with zero attached hydrogens (tertiary/aromatic N) is 1. The van der Waals surface area contributed by atoms with Gasteiger partial charge < -0.3 is 24.5 Å². The number of H-pyrrole nitrogens is 2. The number of hydrogen-bond acceptors (Lipinski definition) is 6. The SMILES string of the molecule is COC1(C)CC(c2cc(F)cc(CCC(=O)O)c2)(c2cnc(-c3cc(Oc4c(F)c(F)c5[nH]ccc5c4S(C)(=O)=O)ccc3F)[nH]2)C1. The molecule has 0 spiro atoms. The molecular weight excluding hydrogens is 642 g/mol. The van der Waals surface area contributed by atoms with Crippen molar-refractivity contribution in [1.29, 1.82) is 0 Å². The van der Waals surface area contributed by atoms with Crippen molar-refractivity contribution in [3.05, 3.63) is 94.9 Å². The van der Waals surface area contributed by atoms with Gasteiger partial charge in [0.25, 0.3) is 0 Å². The van der Waals surface area contributed by atoms with E-state index < -0.39 is 60.7 Å². The number of halogens is 4. The van der Waals surface area contributed by atoms with Gasteiger partial charge in [-0.05, 0) is 73.7 Å². The van der Waals surface area contributed by atoms with Crippen LogP contribution in [0.2, 0.25) is 0 Å². The fourth-order valence-corrected chi connectivity index (χ4v) is 7.48. The van der Waals surface area contributed by atoms with Gasteiger partial charge in [-0.25, -0.2) is 26.6 Å². The van der Waals surface area contributed by atoms with Crippen molar-refractivity contribution in [3.63, 3.8) is 0 Å². The number of aromatic nitrogens is 3. The van der Waals surface area contributed by atoms with Crippen molar-refractivity contribution >= 4 is 26.7 Å². The Kier molecular flexibility index (Phi) is 7.91. The summed E-state index contributed by atoms with van der Waals surface area (Å²) in [5, 5.41) is 9.01. The van der Waals surface area contributed by atoms with E-state index >= 15 is 8.78 Å². The lowest BCUT2D eigenvalue weighted by Crippen LogP contribution is -2.54. The third-order valence-electron chi connectivity index (χ3n) is 8.67. The zero-order chi connectivity index (χ0) is 33.9. The first-order valence-corrected chi connectivity index (χ1v) is 16.3. The van der Waals surface area contributed by atoms with Gasteiger partial charge in [0.05, 0.1) is 16.7 Å². The molecule has 0 amide bonds. The zero-order valence-corrected chi connectivity index (χ0v) is 26.2. The molecule has 2 heterocycles. The van der Waals surface area contributed by atoms with E-state index in [1.807, 2.05) is 6.92 Å². The van der Waals surface area contributed by atoms with Crippen molar-refractivity contribution < 1.29 is 45.4 Å². The van der Waals surface area contributed by atoms with Crippen LogP contribution in [0.3, 0.4) is 0 Å². The Morgan fingerprint density at radius 2 is 1.81 bits per heavy atom. The monoisotopic (exact) mass is 671 g/mol. The number of benzene rings is 3. The number of aromatic amines is 2. The quantitative estimate of drug-likeness (QED) is 0.110. The maximum absolute atomic E-state index is 15.3. The lowest BCUT2D eigenvalue weighted by Gasteiger charge is -2.53. The molecule has 9 nitrogen and oxygen atoms in total. The van der Waals surface area contributed by atoms with Gasteiger partial charge in [-0.3, -0.25) is 4.79 Å². The molecule has 1 fully saturated rings. The minimum atomic E-state index is -4.13. The standard InChI is InChI=1S/C33H29F4N3O6S/c1-32(45-2)15-33(16-32,18-10-17(4-7-25(41)42)11-19(34)12-18)24-14-39-31(40-24)22-13-20(5-6-23(22)35)46-29-27(37)26(36)28-21(8-9-38-28)30(29)47(3,43)44/h5-6,8-14,38H,4,7,15-16H2,1-3H3,(H,39,40)(H,41,42). The number of hydrogen-bond donors (Lipinski definition) is 3. The molecule has 246 valence electrons. The van der Waals surface area contributed by atoms with Gasteiger partial charge in [0.15, 0.2) is 21.4 Å². The average Bonchev–Trinajstić information content (AvgIpc) is 3.68. The summed E-state index contributed by atoms with van der Waals surface area (Å²) in [5.74, 6) is -6.24. The summed E-state index contributed by atoms with van der Waals surface area (Å²) in [6, 6.07) is 8.98. The van der Waals surface area contributed by atoms with Gasteiger partial charge in [0, 0.05) is 48.7 Å². The number of carboxylic acid groups (broad SMARTS) is 1. The van der Waals surface area contributed by atoms with Gasteiger partial charge >= 0.3 is 5.97 Å². The number of carbonyl (C=O) groups is 1. The number of rotatable bonds is 10. The van der Waals surface area contributed by atoms with E-state index in [9.17, 15) is 22.0 Å². The van der Waals surface area contributed by atoms with Crippen molar-refractivity contribution in [1.82, 2.24) is 15.0 Å². The summed E-state index contributed by atoms with van der Waals surface area (Å²) in [6.45, 7) is 1.89. The van der Waals surface area contributed by atoms with E-state index in [4.69, 9.17) is 14.6 Å². The Hall–Kier alpha value is -4.69. The van der Waals surface area contributed by atoms with Gasteiger partial charge in [-0.15, -0.1) is 0 Å². The summed E-state index contributed by atoms with van der Waals surface area (Å²) < 4.78 is 96.8. The molecule has 5 aromatic rings. The summed E-state index contributed by atoms with van der Waals surface area (Å²) in [7, 11) is -2.57. The van der Waals surface area contributed by atoms with Crippen LogP contribution in [0, 0.1) is 23.3 Å². The van der Waals surface area contributed by atoms with Gasteiger partial charge in [0.1, 0.15) is 28.1 Å². The Balaban J connectivity index is 1.40. The zero-order valence-electron chi connectivity index (χ0n) is 25.4. The molecule has 3 aromatic carbocycles. The molecule has 0 saturated heterocycles. The highest BCUT2D eigenvalue weighted by Gasteiger charge is 2.55. The third kappa shape index (κ3) is 5.76. The predicted octanol–water partition coefficient (Wildman–Crippen LogP) is 6.81. The summed E-state index contributed by atoms with van der Waals surface area (Å²) in [4.78, 5) is 20.5. The van der Waals surface area contributed by atoms with E-state index in [0.29, 0.717) is 29.7 Å². The first kappa shape index (κ1) is 32.3. The second kappa shape index (κ2) is 11.5. The topological polar surface area (TPSA) is 134 Å². The van der Waals surface area contributed by atoms with Crippen LogP contribution in [0.5, 0.6) is 11.5 Å². The van der Waals surface area contributed by atoms with Crippen LogP contribution in [0.4, 0.5) is 17.6 Å². The van der Waals surface area contributed by atoms with Gasteiger partial charge in [-0.2, -0.15) is 4.39 Å². The number of aliphatic carboxylic acids is 1. The first-order valence-electron chi connectivity index (χ1n) is 14.4. The largest absolute Gasteiger partial charge is 0.481 e. The number of fused-ring (bicyclic) bond motifs is 1. The minimum absolute atomic E-state index is 0.0342. The Morgan fingerprint density at radius 1 is 1.06 bits per heavy atom. The second-order valence-electron chi connectivity index (χ2n) is 12.0. The Bertz CT molecular complexity index is 2150. The number of imidazole rings is 1. The van der Waals surface area contributed by atoms with E-state index in [-0.39, 0.29) is 40.9 Å². The Labute approximate surface area is 266 Å². The van der Waals surface area contributed by atoms with Crippen LogP contribution >= 0.6 is 0 Å². The van der Waals surface area contributed by atoms with Crippen LogP contribution in [0.1, 0.15) is 43.0 Å². The molecule has 14 heteroatoms. The Morgan fingerprint density at radius 3 is 2.49 bits per heavy atom. The molecule has 0 radical (unpaired) electrons. The summed E-state index contributed by atoms with van der Waals surface area (Å²) in [5.41, 5.74) is -0.326. The number of sulfone groups is 1. The lowest BCUT2D eigenvalue weighted by atomic mass is 9.55. The average molecular weight is 672 g/mol. The van der Waals surface area contributed by atoms with Crippen LogP contribution < -0.4 is 4.74 Å². The van der Waals surface area contributed by atoms with E-state index in [1.54, 1.807) is 13.2 Å². The number of carboxylic acids is 1. The highest BCUT2D eigenvalue weighted by molar-refractivity contribution is 7.91. The molecule has 0 bridgehead atoms. The maximum atomic E-state index is 15.3. The number of aryl methyl sites for hydroxylation is 1. The van der Waals surface area contributed by atoms with E-state index in [0.717, 1.165) is 18.4 Å². The molecule has 6 rings (SSSR count). The smallest absolute Gasteiger partial charge is 0.303 e. The molecule has 3 N–H and O–H groups in total. The summed E-state index contributed by atoms with van der Waals surface area (Å²) >= 11 is 0. The van der Waals surface area contributed by atoms with Crippen LogP contribution in [-0.2, 0) is 31.2 Å². The lowest BCUT2D eigenvalue weighted by molar-refractivity contribution is -0.136. The van der Waals surface area contributed by atoms with Crippen molar-refractivity contribution in [3.8, 4) is 22.9 Å². The highest BCUT2D eigenvalue weighted by atomic mass is 32.2. The van der Waals surface area contributed by atoms with Crippen LogP contribution in [0.15, 0.2) is 59.8 Å². The van der Waals surface area contributed by atoms with Gasteiger partial charge in [0.2, 0.25) is 5.82 Å². The molecule has 0 aliphatic heterocycles. The molecule has 2 aromatic heterocycles. The number of nitrogens with one attached hydrogen (secondary N) is 2. The van der Waals surface area contributed by atoms with E-state index in [1.165, 1.54) is 36.7 Å². The summed E-state index contributed by atoms with van der Waals surface area (Å²) in [6.07, 6.45) is 4.30. The molecule has 1 saturated carbocycles. The second-order valence-corrected chi connectivity index (χ2v) is 14.0. The van der Waals surface area contributed by atoms with Crippen molar-refractivity contribution in [2.75, 3.05) is 13.4 Å². The number of ether oxygens (including phenoxy) is 2. The fraction of sp³-hybridized carbons (Fsp3) is 0.273. The van der Waals surface area contributed by atoms with Crippen molar-refractivity contribution in [2.24, 2.45) is 0 Å². The predicted molar refractivity (Wildman–Crippen MR) is 163 cm³/mol. The molecule has 1 aliphatic rings. The normalized spacial score (nSPS) is 19.6. The van der Waals surface area contributed by atoms with Gasteiger partial charge in [-0.1, -0.05) is 6.07 Å². The van der Waals surface area contributed by atoms with Crippen molar-refractivity contribution in [2.45, 2.75) is 48.5 Å². The molecule has 47 heavy (non-hydrogen) atoms. The molecular formula is C33H29F4N3O6S. The minimum Gasteiger partial charge on any atom is -0.481 e. The first-order chi connectivity index (χ1) is 22.1. The molecule has 0 unspecified atom stereocenters. The third-order valence-corrected chi connectivity index (χ3v) is 9.81. The van der Waals surface area contributed by atoms with Crippen LogP contribution in [-0.4, -0.2) is 53.4 Å². The molecule has 1 aliphatic carbocycles.